The van der Waals surface area contributed by atoms with Gasteiger partial charge in [-0.3, -0.25) is 9.36 Å². The van der Waals surface area contributed by atoms with Gasteiger partial charge in [0, 0.05) is 18.0 Å². The molecule has 1 aliphatic rings. The average molecular weight is 307 g/mol. The van der Waals surface area contributed by atoms with Crippen LogP contribution in [0.15, 0.2) is 60.9 Å². The van der Waals surface area contributed by atoms with Crippen molar-refractivity contribution >= 4 is 11.7 Å². The van der Waals surface area contributed by atoms with Gasteiger partial charge in [0.25, 0.3) is 0 Å². The van der Waals surface area contributed by atoms with Crippen LogP contribution in [0.3, 0.4) is 0 Å². The maximum Gasteiger partial charge on any atom is 0.226 e. The highest BCUT2D eigenvalue weighted by Gasteiger charge is 2.31. The summed E-state index contributed by atoms with van der Waals surface area (Å²) >= 11 is 0. The van der Waals surface area contributed by atoms with Crippen LogP contribution in [-0.4, -0.2) is 15.5 Å². The molecule has 1 aliphatic heterocycles. The van der Waals surface area contributed by atoms with Crippen LogP contribution in [0.4, 0.5) is 10.2 Å². The first-order chi connectivity index (χ1) is 11.2. The highest BCUT2D eigenvalue weighted by atomic mass is 19.1. The van der Waals surface area contributed by atoms with Crippen LogP contribution in [0.25, 0.3) is 5.69 Å². The first kappa shape index (κ1) is 13.7. The third-order valence-corrected chi connectivity index (χ3v) is 4.06. The number of fused-ring (bicyclic) bond motifs is 1. The maximum absolute atomic E-state index is 13.5. The molecule has 0 saturated carbocycles. The molecule has 1 unspecified atom stereocenters. The van der Waals surface area contributed by atoms with E-state index in [0.717, 1.165) is 16.9 Å². The monoisotopic (exact) mass is 307 g/mol. The number of nitrogens with one attached hydrogen (secondary N) is 1. The number of anilines is 1. The number of carbonyl (C=O) groups excluding carboxylic acids is 1. The van der Waals surface area contributed by atoms with Gasteiger partial charge in [0.15, 0.2) is 0 Å². The molecular weight excluding hydrogens is 293 g/mol. The van der Waals surface area contributed by atoms with Gasteiger partial charge >= 0.3 is 0 Å². The molecule has 0 fully saturated rings. The summed E-state index contributed by atoms with van der Waals surface area (Å²) in [6.07, 6.45) is 1.96. The van der Waals surface area contributed by atoms with Crippen molar-refractivity contribution in [2.75, 3.05) is 5.32 Å². The molecule has 0 bridgehead atoms. The minimum absolute atomic E-state index is 0.0931. The van der Waals surface area contributed by atoms with Crippen molar-refractivity contribution in [3.63, 3.8) is 0 Å². The number of hydrogen-bond acceptors (Lipinski definition) is 2. The third-order valence-electron chi connectivity index (χ3n) is 4.06. The fourth-order valence-corrected chi connectivity index (χ4v) is 2.99. The summed E-state index contributed by atoms with van der Waals surface area (Å²) in [6.45, 7) is 0. The molecule has 0 aliphatic carbocycles. The molecular formula is C18H14FN3O. The van der Waals surface area contributed by atoms with Crippen molar-refractivity contribution in [1.82, 2.24) is 9.55 Å². The lowest BCUT2D eigenvalue weighted by atomic mass is 9.90. The number of rotatable bonds is 2. The summed E-state index contributed by atoms with van der Waals surface area (Å²) in [5.74, 6) is 0.0167. The van der Waals surface area contributed by atoms with Gasteiger partial charge in [-0.2, -0.15) is 0 Å². The largest absolute Gasteiger partial charge is 0.310 e. The van der Waals surface area contributed by atoms with Gasteiger partial charge in [-0.05, 0) is 29.8 Å². The molecule has 1 atom stereocenters. The molecule has 1 amide bonds. The number of benzene rings is 2. The Hall–Kier alpha value is -2.95. The highest BCUT2D eigenvalue weighted by molar-refractivity contribution is 5.94. The first-order valence-corrected chi connectivity index (χ1v) is 7.40. The number of hydrogen-bond donors (Lipinski definition) is 1. The molecule has 114 valence electrons. The molecule has 1 N–H and O–H groups in total. The smallest absolute Gasteiger partial charge is 0.226 e. The van der Waals surface area contributed by atoms with Crippen LogP contribution < -0.4 is 5.32 Å². The normalized spacial score (nSPS) is 16.7. The third kappa shape index (κ3) is 2.40. The van der Waals surface area contributed by atoms with Crippen molar-refractivity contribution in [2.24, 2.45) is 0 Å². The Morgan fingerprint density at radius 3 is 2.74 bits per heavy atom. The molecule has 2 aromatic carbocycles. The van der Waals surface area contributed by atoms with Gasteiger partial charge in [-0.25, -0.2) is 9.37 Å². The topological polar surface area (TPSA) is 46.9 Å². The summed E-state index contributed by atoms with van der Waals surface area (Å²) in [6, 6.07) is 16.0. The first-order valence-electron chi connectivity index (χ1n) is 7.40. The predicted molar refractivity (Wildman–Crippen MR) is 85.1 cm³/mol. The van der Waals surface area contributed by atoms with Crippen molar-refractivity contribution in [2.45, 2.75) is 12.3 Å². The van der Waals surface area contributed by atoms with E-state index in [4.69, 9.17) is 0 Å². The van der Waals surface area contributed by atoms with E-state index in [1.807, 2.05) is 41.0 Å². The maximum atomic E-state index is 13.5. The number of amides is 1. The molecule has 0 saturated heterocycles. The molecule has 4 rings (SSSR count). The minimum atomic E-state index is -0.308. The van der Waals surface area contributed by atoms with Gasteiger partial charge in [-0.15, -0.1) is 0 Å². The Bertz CT molecular complexity index is 873. The molecule has 23 heavy (non-hydrogen) atoms. The fourth-order valence-electron chi connectivity index (χ4n) is 2.99. The Morgan fingerprint density at radius 2 is 1.96 bits per heavy atom. The zero-order valence-electron chi connectivity index (χ0n) is 12.2. The summed E-state index contributed by atoms with van der Waals surface area (Å²) in [7, 11) is 0. The van der Waals surface area contributed by atoms with Gasteiger partial charge in [0.1, 0.15) is 18.0 Å². The summed E-state index contributed by atoms with van der Waals surface area (Å²) < 4.78 is 15.4. The molecule has 3 aromatic rings. The Labute approximate surface area is 132 Å². The van der Waals surface area contributed by atoms with Crippen LogP contribution in [0.2, 0.25) is 0 Å². The van der Waals surface area contributed by atoms with Gasteiger partial charge < -0.3 is 5.32 Å². The van der Waals surface area contributed by atoms with Crippen molar-refractivity contribution in [3.8, 4) is 5.69 Å². The number of halogens is 1. The quantitative estimate of drug-likeness (QED) is 0.788. The molecule has 5 heteroatoms. The second-order valence-corrected chi connectivity index (χ2v) is 5.54. The van der Waals surface area contributed by atoms with E-state index in [2.05, 4.69) is 10.3 Å². The second-order valence-electron chi connectivity index (χ2n) is 5.54. The molecule has 0 spiro atoms. The molecule has 1 aromatic heterocycles. The van der Waals surface area contributed by atoms with E-state index in [1.54, 1.807) is 12.4 Å². The lowest BCUT2D eigenvalue weighted by Gasteiger charge is -2.23. The number of imidazole rings is 1. The summed E-state index contributed by atoms with van der Waals surface area (Å²) in [5, 5.41) is 2.89. The molecule has 0 radical (unpaired) electrons. The van der Waals surface area contributed by atoms with Crippen molar-refractivity contribution < 1.29 is 9.18 Å². The average Bonchev–Trinajstić information content (AvgIpc) is 2.98. The number of nitrogens with zero attached hydrogens (tertiary/aromatic N) is 2. The van der Waals surface area contributed by atoms with E-state index in [9.17, 15) is 9.18 Å². The van der Waals surface area contributed by atoms with Gasteiger partial charge in [0.05, 0.1) is 5.69 Å². The van der Waals surface area contributed by atoms with E-state index < -0.39 is 0 Å². The van der Waals surface area contributed by atoms with E-state index in [-0.39, 0.29) is 24.1 Å². The van der Waals surface area contributed by atoms with Gasteiger partial charge in [-0.1, -0.05) is 30.3 Å². The van der Waals surface area contributed by atoms with Crippen molar-refractivity contribution in [3.05, 3.63) is 78.0 Å². The fraction of sp³-hybridized carbons (Fsp3) is 0.111. The number of carbonyl (C=O) groups is 1. The minimum Gasteiger partial charge on any atom is -0.310 e. The van der Waals surface area contributed by atoms with Crippen LogP contribution in [-0.2, 0) is 4.79 Å². The van der Waals surface area contributed by atoms with Gasteiger partial charge in [0.2, 0.25) is 5.91 Å². The lowest BCUT2D eigenvalue weighted by Crippen LogP contribution is -2.24. The molecule has 2 heterocycles. The Morgan fingerprint density at radius 1 is 1.13 bits per heavy atom. The zero-order chi connectivity index (χ0) is 15.8. The summed E-state index contributed by atoms with van der Waals surface area (Å²) in [4.78, 5) is 16.6. The van der Waals surface area contributed by atoms with E-state index in [1.165, 1.54) is 12.1 Å². The Balaban J connectivity index is 1.83. The zero-order valence-corrected chi connectivity index (χ0v) is 12.2. The number of para-hydroxylation sites is 1. The van der Waals surface area contributed by atoms with Crippen LogP contribution in [0, 0.1) is 5.82 Å². The standard InChI is InChI=1S/C18H14FN3O/c19-13-6-4-5-12(9-13)15-10-16(23)21-18-17(15)20-11-22(18)14-7-2-1-3-8-14/h1-9,11,15H,10H2,(H,21,23). The van der Waals surface area contributed by atoms with E-state index >= 15 is 0 Å². The predicted octanol–water partition coefficient (Wildman–Crippen LogP) is 3.49. The number of aromatic nitrogens is 2. The molecule has 4 nitrogen and oxygen atoms in total. The van der Waals surface area contributed by atoms with Crippen LogP contribution >= 0.6 is 0 Å². The Kier molecular flexibility index (Phi) is 3.19. The highest BCUT2D eigenvalue weighted by Crippen LogP contribution is 2.37. The SMILES string of the molecule is O=C1CC(c2cccc(F)c2)c2ncn(-c3ccccc3)c2N1. The second kappa shape index (κ2) is 5.35. The van der Waals surface area contributed by atoms with Crippen LogP contribution in [0.5, 0.6) is 0 Å². The van der Waals surface area contributed by atoms with E-state index in [0.29, 0.717) is 5.82 Å². The van der Waals surface area contributed by atoms with Crippen LogP contribution in [0.1, 0.15) is 23.6 Å². The summed E-state index contributed by atoms with van der Waals surface area (Å²) in [5.41, 5.74) is 2.44. The lowest BCUT2D eigenvalue weighted by molar-refractivity contribution is -0.116. The van der Waals surface area contributed by atoms with Crippen molar-refractivity contribution in [1.29, 1.82) is 0 Å².